The SMILES string of the molecule is CN(CCNC(=O)C(Cc1ccccc1C(F)(F)F)Nc1cccc2c1CCN(C(=O)C1CC1)C2)C(=O)OC(C)(C)C. The quantitative estimate of drug-likeness (QED) is 0.430. The maximum absolute atomic E-state index is 13.8. The lowest BCUT2D eigenvalue weighted by molar-refractivity contribution is -0.138. The number of carbonyl (C=O) groups is 3. The van der Waals surface area contributed by atoms with Crippen molar-refractivity contribution in [3.8, 4) is 0 Å². The molecule has 2 aromatic rings. The smallest absolute Gasteiger partial charge is 0.416 e. The van der Waals surface area contributed by atoms with Crippen LogP contribution < -0.4 is 10.6 Å². The molecule has 1 aliphatic carbocycles. The van der Waals surface area contributed by atoms with Gasteiger partial charge in [-0.05, 0) is 68.9 Å². The highest BCUT2D eigenvalue weighted by atomic mass is 19.4. The third-order valence-corrected chi connectivity index (χ3v) is 7.35. The van der Waals surface area contributed by atoms with Gasteiger partial charge in [-0.1, -0.05) is 30.3 Å². The lowest BCUT2D eigenvalue weighted by atomic mass is 9.95. The van der Waals surface area contributed by atoms with Gasteiger partial charge < -0.3 is 25.2 Å². The van der Waals surface area contributed by atoms with Crippen LogP contribution in [0.25, 0.3) is 0 Å². The molecule has 1 heterocycles. The van der Waals surface area contributed by atoms with E-state index in [1.807, 2.05) is 23.1 Å². The second-order valence-corrected chi connectivity index (χ2v) is 12.0. The number of halogens is 3. The van der Waals surface area contributed by atoms with Crippen LogP contribution in [0.2, 0.25) is 0 Å². The van der Waals surface area contributed by atoms with E-state index in [0.29, 0.717) is 25.2 Å². The summed E-state index contributed by atoms with van der Waals surface area (Å²) in [5.41, 5.74) is 1.08. The second-order valence-electron chi connectivity index (χ2n) is 12.0. The van der Waals surface area contributed by atoms with E-state index in [0.717, 1.165) is 30.0 Å². The van der Waals surface area contributed by atoms with Crippen LogP contribution in [0.4, 0.5) is 23.7 Å². The summed E-state index contributed by atoms with van der Waals surface area (Å²) in [5, 5.41) is 5.98. The summed E-state index contributed by atoms with van der Waals surface area (Å²) >= 11 is 0. The first-order chi connectivity index (χ1) is 19.7. The number of rotatable bonds is 9. The number of carbonyl (C=O) groups excluding carboxylic acids is 3. The number of alkyl halides is 3. The Morgan fingerprint density at radius 2 is 1.79 bits per heavy atom. The highest BCUT2D eigenvalue weighted by Gasteiger charge is 2.36. The molecule has 1 fully saturated rings. The number of benzene rings is 2. The highest BCUT2D eigenvalue weighted by Crippen LogP contribution is 2.35. The Bertz CT molecular complexity index is 1300. The third kappa shape index (κ3) is 8.17. The number of nitrogens with zero attached hydrogens (tertiary/aromatic N) is 2. The fourth-order valence-corrected chi connectivity index (χ4v) is 5.01. The predicted molar refractivity (Wildman–Crippen MR) is 153 cm³/mol. The van der Waals surface area contributed by atoms with E-state index in [4.69, 9.17) is 4.74 Å². The van der Waals surface area contributed by atoms with E-state index in [2.05, 4.69) is 10.6 Å². The molecule has 2 aromatic carbocycles. The molecule has 11 heteroatoms. The van der Waals surface area contributed by atoms with Crippen molar-refractivity contribution in [1.29, 1.82) is 0 Å². The summed E-state index contributed by atoms with van der Waals surface area (Å²) in [4.78, 5) is 41.5. The molecule has 1 aliphatic heterocycles. The summed E-state index contributed by atoms with van der Waals surface area (Å²) in [6.07, 6.45) is -2.90. The Morgan fingerprint density at radius 3 is 2.45 bits per heavy atom. The first-order valence-corrected chi connectivity index (χ1v) is 14.3. The Labute approximate surface area is 244 Å². The van der Waals surface area contributed by atoms with Crippen molar-refractivity contribution in [3.05, 3.63) is 64.7 Å². The summed E-state index contributed by atoms with van der Waals surface area (Å²) in [7, 11) is 1.54. The molecule has 1 unspecified atom stereocenters. The lowest BCUT2D eigenvalue weighted by Gasteiger charge is -2.31. The van der Waals surface area contributed by atoms with Crippen LogP contribution in [-0.4, -0.2) is 66.0 Å². The molecule has 228 valence electrons. The molecule has 0 bridgehead atoms. The molecule has 4 rings (SSSR count). The van der Waals surface area contributed by atoms with Crippen molar-refractivity contribution in [2.45, 2.75) is 70.8 Å². The normalized spacial score (nSPS) is 15.8. The van der Waals surface area contributed by atoms with Gasteiger partial charge in [0, 0.05) is 51.3 Å². The van der Waals surface area contributed by atoms with E-state index in [-0.39, 0.29) is 36.9 Å². The molecule has 0 spiro atoms. The van der Waals surface area contributed by atoms with Crippen LogP contribution in [0, 0.1) is 5.92 Å². The van der Waals surface area contributed by atoms with Gasteiger partial charge in [0.25, 0.3) is 0 Å². The van der Waals surface area contributed by atoms with Crippen molar-refractivity contribution in [1.82, 2.24) is 15.1 Å². The standard InChI is InChI=1S/C31H39F3N4O4/c1-30(2,3)42-29(41)37(4)17-15-35-27(39)26(18-21-8-5-6-10-24(21)31(32,33)34)36-25-11-7-9-22-19-38(16-14-23(22)25)28(40)20-12-13-20/h5-11,20,26,36H,12-19H2,1-4H3,(H,35,39). The van der Waals surface area contributed by atoms with E-state index < -0.39 is 35.4 Å². The number of likely N-dealkylation sites (N-methyl/N-ethyl adjacent to an activating group) is 1. The van der Waals surface area contributed by atoms with E-state index in [1.165, 1.54) is 23.1 Å². The average Bonchev–Trinajstić information content (AvgIpc) is 3.76. The van der Waals surface area contributed by atoms with Gasteiger partial charge in [-0.25, -0.2) is 4.79 Å². The molecule has 0 radical (unpaired) electrons. The first kappa shape index (κ1) is 31.2. The van der Waals surface area contributed by atoms with Crippen molar-refractivity contribution in [2.75, 3.05) is 32.0 Å². The largest absolute Gasteiger partial charge is 0.444 e. The van der Waals surface area contributed by atoms with Gasteiger partial charge >= 0.3 is 12.3 Å². The van der Waals surface area contributed by atoms with Gasteiger partial charge in [0.2, 0.25) is 11.8 Å². The highest BCUT2D eigenvalue weighted by molar-refractivity contribution is 5.86. The van der Waals surface area contributed by atoms with Crippen molar-refractivity contribution in [2.24, 2.45) is 5.92 Å². The van der Waals surface area contributed by atoms with Gasteiger partial charge in [-0.3, -0.25) is 9.59 Å². The van der Waals surface area contributed by atoms with Gasteiger partial charge in [0.1, 0.15) is 11.6 Å². The fourth-order valence-electron chi connectivity index (χ4n) is 5.01. The topological polar surface area (TPSA) is 91.0 Å². The molecule has 3 amide bonds. The number of hydrogen-bond donors (Lipinski definition) is 2. The molecule has 0 saturated heterocycles. The molecule has 2 aliphatic rings. The minimum atomic E-state index is -4.57. The van der Waals surface area contributed by atoms with Crippen molar-refractivity contribution >= 4 is 23.6 Å². The zero-order valence-electron chi connectivity index (χ0n) is 24.5. The minimum Gasteiger partial charge on any atom is -0.444 e. The summed E-state index contributed by atoms with van der Waals surface area (Å²) in [5.74, 6) is -0.219. The van der Waals surface area contributed by atoms with E-state index >= 15 is 0 Å². The number of hydrogen-bond acceptors (Lipinski definition) is 5. The van der Waals surface area contributed by atoms with E-state index in [9.17, 15) is 27.6 Å². The lowest BCUT2D eigenvalue weighted by Crippen LogP contribution is -2.45. The number of fused-ring (bicyclic) bond motifs is 1. The maximum Gasteiger partial charge on any atom is 0.416 e. The van der Waals surface area contributed by atoms with Crippen LogP contribution in [0.1, 0.15) is 55.9 Å². The predicted octanol–water partition coefficient (Wildman–Crippen LogP) is 5.01. The fraction of sp³-hybridized carbons (Fsp3) is 0.516. The zero-order chi connectivity index (χ0) is 30.7. The number of nitrogens with one attached hydrogen (secondary N) is 2. The monoisotopic (exact) mass is 588 g/mol. The van der Waals surface area contributed by atoms with Crippen LogP contribution in [-0.2, 0) is 39.9 Å². The molecular formula is C31H39F3N4O4. The van der Waals surface area contributed by atoms with E-state index in [1.54, 1.807) is 27.8 Å². The third-order valence-electron chi connectivity index (χ3n) is 7.35. The van der Waals surface area contributed by atoms with Crippen molar-refractivity contribution < 1.29 is 32.3 Å². The zero-order valence-corrected chi connectivity index (χ0v) is 24.5. The van der Waals surface area contributed by atoms with Crippen LogP contribution >= 0.6 is 0 Å². The number of ether oxygens (including phenoxy) is 1. The molecule has 42 heavy (non-hydrogen) atoms. The molecule has 0 aromatic heterocycles. The Kier molecular flexibility index (Phi) is 9.37. The van der Waals surface area contributed by atoms with Crippen molar-refractivity contribution in [3.63, 3.8) is 0 Å². The molecule has 8 nitrogen and oxygen atoms in total. The van der Waals surface area contributed by atoms with Crippen LogP contribution in [0.5, 0.6) is 0 Å². The summed E-state index contributed by atoms with van der Waals surface area (Å²) < 4.78 is 46.7. The number of anilines is 1. The minimum absolute atomic E-state index is 0.00507. The Morgan fingerprint density at radius 1 is 1.07 bits per heavy atom. The maximum atomic E-state index is 13.8. The van der Waals surface area contributed by atoms with Gasteiger partial charge in [-0.2, -0.15) is 13.2 Å². The van der Waals surface area contributed by atoms with Gasteiger partial charge in [0.05, 0.1) is 5.56 Å². The molecule has 2 N–H and O–H groups in total. The molecule has 1 atom stereocenters. The summed E-state index contributed by atoms with van der Waals surface area (Å²) in [6.45, 7) is 6.49. The number of amides is 3. The van der Waals surface area contributed by atoms with Crippen LogP contribution in [0.15, 0.2) is 42.5 Å². The first-order valence-electron chi connectivity index (χ1n) is 14.3. The van der Waals surface area contributed by atoms with Crippen LogP contribution in [0.3, 0.4) is 0 Å². The second kappa shape index (κ2) is 12.6. The van der Waals surface area contributed by atoms with Gasteiger partial charge in [0.15, 0.2) is 0 Å². The Balaban J connectivity index is 1.51. The summed E-state index contributed by atoms with van der Waals surface area (Å²) in [6, 6.07) is 9.77. The molecular weight excluding hydrogens is 549 g/mol. The average molecular weight is 589 g/mol. The van der Waals surface area contributed by atoms with Gasteiger partial charge in [-0.15, -0.1) is 0 Å². The molecule has 1 saturated carbocycles. The Hall–Kier alpha value is -3.76.